The maximum atomic E-state index is 4.46. The summed E-state index contributed by atoms with van der Waals surface area (Å²) in [4.78, 5) is 9.13. The van der Waals surface area contributed by atoms with Gasteiger partial charge in [0, 0.05) is 30.3 Å². The number of hydrogen-bond donors (Lipinski definition) is 0. The van der Waals surface area contributed by atoms with Gasteiger partial charge in [0.1, 0.15) is 5.82 Å². The highest BCUT2D eigenvalue weighted by Gasteiger charge is 2.20. The number of pyridine rings is 1. The highest BCUT2D eigenvalue weighted by molar-refractivity contribution is 9.10. The molecule has 0 N–H and O–H groups in total. The molecule has 1 aromatic heterocycles. The van der Waals surface area contributed by atoms with Crippen LogP contribution in [-0.2, 0) is 0 Å². The standard InChI is InChI=1S/C13H20BrN3/c1-16(2)10-11-5-7-17(8-6-11)13-4-3-12(14)9-15-13/h3-4,9,11H,5-8,10H2,1-2H3. The summed E-state index contributed by atoms with van der Waals surface area (Å²) < 4.78 is 1.05. The molecule has 1 aromatic rings. The molecule has 2 heterocycles. The van der Waals surface area contributed by atoms with Crippen LogP contribution in [-0.4, -0.2) is 43.6 Å². The van der Waals surface area contributed by atoms with Gasteiger partial charge in [-0.2, -0.15) is 0 Å². The maximum Gasteiger partial charge on any atom is 0.128 e. The largest absolute Gasteiger partial charge is 0.357 e. The number of rotatable bonds is 3. The predicted octanol–water partition coefficient (Wildman–Crippen LogP) is 2.62. The van der Waals surface area contributed by atoms with Crippen molar-refractivity contribution < 1.29 is 0 Å². The van der Waals surface area contributed by atoms with Crippen molar-refractivity contribution in [1.82, 2.24) is 9.88 Å². The van der Waals surface area contributed by atoms with Crippen LogP contribution in [0, 0.1) is 5.92 Å². The molecule has 94 valence electrons. The molecule has 0 saturated carbocycles. The third kappa shape index (κ3) is 3.68. The first-order valence-corrected chi connectivity index (χ1v) is 6.95. The number of piperidine rings is 1. The zero-order chi connectivity index (χ0) is 12.3. The van der Waals surface area contributed by atoms with Gasteiger partial charge >= 0.3 is 0 Å². The molecule has 1 fully saturated rings. The van der Waals surface area contributed by atoms with Gasteiger partial charge in [-0.25, -0.2) is 4.98 Å². The monoisotopic (exact) mass is 297 g/mol. The lowest BCUT2D eigenvalue weighted by atomic mass is 9.96. The molecule has 0 amide bonds. The van der Waals surface area contributed by atoms with E-state index in [0.717, 1.165) is 29.3 Å². The molecule has 0 radical (unpaired) electrons. The third-order valence-electron chi connectivity index (χ3n) is 3.27. The van der Waals surface area contributed by atoms with Crippen LogP contribution in [0.1, 0.15) is 12.8 Å². The molecule has 17 heavy (non-hydrogen) atoms. The fraction of sp³-hybridized carbons (Fsp3) is 0.615. The van der Waals surface area contributed by atoms with Crippen LogP contribution >= 0.6 is 15.9 Å². The van der Waals surface area contributed by atoms with E-state index < -0.39 is 0 Å². The Labute approximate surface area is 112 Å². The predicted molar refractivity (Wildman–Crippen MR) is 75.4 cm³/mol. The minimum Gasteiger partial charge on any atom is -0.357 e. The molecule has 0 unspecified atom stereocenters. The van der Waals surface area contributed by atoms with E-state index in [0.29, 0.717) is 0 Å². The van der Waals surface area contributed by atoms with Crippen molar-refractivity contribution in [2.45, 2.75) is 12.8 Å². The molecule has 3 nitrogen and oxygen atoms in total. The first-order chi connectivity index (χ1) is 8.15. The Hall–Kier alpha value is -0.610. The molecule has 0 aromatic carbocycles. The molecule has 0 aliphatic carbocycles. The number of hydrogen-bond acceptors (Lipinski definition) is 3. The highest BCUT2D eigenvalue weighted by atomic mass is 79.9. The van der Waals surface area contributed by atoms with Gasteiger partial charge in [-0.3, -0.25) is 0 Å². The zero-order valence-corrected chi connectivity index (χ0v) is 12.2. The summed E-state index contributed by atoms with van der Waals surface area (Å²) in [5.74, 6) is 1.95. The van der Waals surface area contributed by atoms with Crippen LogP contribution in [0.25, 0.3) is 0 Å². The second-order valence-electron chi connectivity index (χ2n) is 5.03. The highest BCUT2D eigenvalue weighted by Crippen LogP contribution is 2.22. The van der Waals surface area contributed by atoms with E-state index in [4.69, 9.17) is 0 Å². The normalized spacial score (nSPS) is 17.8. The second-order valence-corrected chi connectivity index (χ2v) is 5.94. The van der Waals surface area contributed by atoms with E-state index in [1.807, 2.05) is 6.20 Å². The first-order valence-electron chi connectivity index (χ1n) is 6.16. The third-order valence-corrected chi connectivity index (χ3v) is 3.74. The van der Waals surface area contributed by atoms with E-state index in [1.54, 1.807) is 0 Å². The van der Waals surface area contributed by atoms with Crippen LogP contribution in [0.3, 0.4) is 0 Å². The molecule has 2 rings (SSSR count). The average molecular weight is 298 g/mol. The Bertz CT molecular complexity index is 342. The van der Waals surface area contributed by atoms with Crippen LogP contribution in [0.4, 0.5) is 5.82 Å². The summed E-state index contributed by atoms with van der Waals surface area (Å²) >= 11 is 3.42. The van der Waals surface area contributed by atoms with E-state index >= 15 is 0 Å². The summed E-state index contributed by atoms with van der Waals surface area (Å²) in [5.41, 5.74) is 0. The Morgan fingerprint density at radius 3 is 2.59 bits per heavy atom. The van der Waals surface area contributed by atoms with Crippen molar-refractivity contribution in [2.75, 3.05) is 38.6 Å². The Kier molecular flexibility index (Phi) is 4.40. The Balaban J connectivity index is 1.88. The molecule has 0 atom stereocenters. The summed E-state index contributed by atoms with van der Waals surface area (Å²) in [5, 5.41) is 0. The van der Waals surface area contributed by atoms with E-state index in [2.05, 4.69) is 56.9 Å². The van der Waals surface area contributed by atoms with Crippen molar-refractivity contribution in [3.63, 3.8) is 0 Å². The van der Waals surface area contributed by atoms with E-state index in [-0.39, 0.29) is 0 Å². The van der Waals surface area contributed by atoms with Crippen molar-refractivity contribution in [1.29, 1.82) is 0 Å². The average Bonchev–Trinajstić information content (AvgIpc) is 2.30. The zero-order valence-electron chi connectivity index (χ0n) is 10.6. The number of aromatic nitrogens is 1. The lowest BCUT2D eigenvalue weighted by Gasteiger charge is -2.33. The summed E-state index contributed by atoms with van der Waals surface area (Å²) in [6.45, 7) is 3.47. The van der Waals surface area contributed by atoms with Crippen molar-refractivity contribution >= 4 is 21.7 Å². The van der Waals surface area contributed by atoms with Crippen molar-refractivity contribution in [3.8, 4) is 0 Å². The fourth-order valence-corrected chi connectivity index (χ4v) is 2.65. The second kappa shape index (κ2) is 5.83. The molecular formula is C13H20BrN3. The van der Waals surface area contributed by atoms with Crippen LogP contribution in [0.2, 0.25) is 0 Å². The first kappa shape index (κ1) is 12.8. The SMILES string of the molecule is CN(C)CC1CCN(c2ccc(Br)cn2)CC1. The lowest BCUT2D eigenvalue weighted by molar-refractivity contribution is 0.284. The molecule has 0 bridgehead atoms. The molecule has 4 heteroatoms. The smallest absolute Gasteiger partial charge is 0.128 e. The topological polar surface area (TPSA) is 19.4 Å². The minimum atomic E-state index is 0.844. The van der Waals surface area contributed by atoms with Gasteiger partial charge in [0.15, 0.2) is 0 Å². The molecule has 1 saturated heterocycles. The van der Waals surface area contributed by atoms with Gasteiger partial charge in [-0.1, -0.05) is 0 Å². The number of nitrogens with zero attached hydrogens (tertiary/aromatic N) is 3. The van der Waals surface area contributed by atoms with Crippen LogP contribution < -0.4 is 4.90 Å². The molecular weight excluding hydrogens is 278 g/mol. The molecule has 0 spiro atoms. The van der Waals surface area contributed by atoms with Gasteiger partial charge in [0.05, 0.1) is 0 Å². The summed E-state index contributed by atoms with van der Waals surface area (Å²) in [6, 6.07) is 4.16. The Morgan fingerprint density at radius 2 is 2.06 bits per heavy atom. The van der Waals surface area contributed by atoms with Gasteiger partial charge in [-0.05, 0) is 60.9 Å². The van der Waals surface area contributed by atoms with E-state index in [9.17, 15) is 0 Å². The fourth-order valence-electron chi connectivity index (χ4n) is 2.42. The lowest BCUT2D eigenvalue weighted by Crippen LogP contribution is -2.37. The van der Waals surface area contributed by atoms with Gasteiger partial charge < -0.3 is 9.80 Å². The summed E-state index contributed by atoms with van der Waals surface area (Å²) in [6.07, 6.45) is 4.42. The van der Waals surface area contributed by atoms with Gasteiger partial charge in [0.2, 0.25) is 0 Å². The molecule has 1 aliphatic heterocycles. The minimum absolute atomic E-state index is 0.844. The van der Waals surface area contributed by atoms with Gasteiger partial charge in [0.25, 0.3) is 0 Å². The Morgan fingerprint density at radius 1 is 1.35 bits per heavy atom. The number of halogens is 1. The summed E-state index contributed by atoms with van der Waals surface area (Å²) in [7, 11) is 4.31. The number of anilines is 1. The van der Waals surface area contributed by atoms with E-state index in [1.165, 1.54) is 19.4 Å². The quantitative estimate of drug-likeness (QED) is 0.855. The van der Waals surface area contributed by atoms with Crippen LogP contribution in [0.5, 0.6) is 0 Å². The molecule has 1 aliphatic rings. The van der Waals surface area contributed by atoms with Crippen molar-refractivity contribution in [3.05, 3.63) is 22.8 Å². The van der Waals surface area contributed by atoms with Gasteiger partial charge in [-0.15, -0.1) is 0 Å². The van der Waals surface area contributed by atoms with Crippen LogP contribution in [0.15, 0.2) is 22.8 Å². The maximum absolute atomic E-state index is 4.46. The van der Waals surface area contributed by atoms with Crippen molar-refractivity contribution in [2.24, 2.45) is 5.92 Å².